The molecule has 1 saturated heterocycles. The Morgan fingerprint density at radius 2 is 1.87 bits per heavy atom. The summed E-state index contributed by atoms with van der Waals surface area (Å²) in [5.74, 6) is -1.82. The molecule has 0 aliphatic carbocycles. The monoisotopic (exact) mass is 426 g/mol. The highest BCUT2D eigenvalue weighted by atomic mass is 16.5. The van der Waals surface area contributed by atoms with Crippen LogP contribution in [-0.2, 0) is 9.53 Å². The maximum atomic E-state index is 13.4. The lowest BCUT2D eigenvalue weighted by Crippen LogP contribution is -2.47. The number of aryl methyl sites for hydroxylation is 2. The number of rotatable bonds is 7. The van der Waals surface area contributed by atoms with Crippen LogP contribution < -0.4 is 0 Å². The van der Waals surface area contributed by atoms with Crippen LogP contribution in [0.1, 0.15) is 64.7 Å². The molecule has 1 aromatic heterocycles. The summed E-state index contributed by atoms with van der Waals surface area (Å²) in [5.41, 5.74) is 2.95. The summed E-state index contributed by atoms with van der Waals surface area (Å²) in [5, 5.41) is 9.36. The number of aromatic nitrogens is 1. The Hall–Kier alpha value is -2.93. The number of ketones is 1. The number of aromatic amines is 1. The quantitative estimate of drug-likeness (QED) is 0.401. The molecule has 1 atom stereocenters. The van der Waals surface area contributed by atoms with E-state index in [-0.39, 0.29) is 30.5 Å². The van der Waals surface area contributed by atoms with E-state index in [9.17, 15) is 19.5 Å². The van der Waals surface area contributed by atoms with Crippen LogP contribution in [0.4, 0.5) is 0 Å². The number of hydrogen-bond acceptors (Lipinski definition) is 5. The first-order valence-corrected chi connectivity index (χ1v) is 10.8. The molecule has 0 saturated carbocycles. The molecule has 1 amide bonds. The Balaban J connectivity index is 2.06. The fraction of sp³-hybridized carbons (Fsp3) is 0.458. The van der Waals surface area contributed by atoms with Gasteiger partial charge in [0.15, 0.2) is 0 Å². The van der Waals surface area contributed by atoms with Crippen molar-refractivity contribution < 1.29 is 24.2 Å². The lowest BCUT2D eigenvalue weighted by molar-refractivity contribution is -0.130. The third-order valence-corrected chi connectivity index (χ3v) is 5.78. The number of likely N-dealkylation sites (tertiary alicyclic amines) is 1. The van der Waals surface area contributed by atoms with Crippen molar-refractivity contribution in [1.82, 2.24) is 9.88 Å². The van der Waals surface area contributed by atoms with Crippen molar-refractivity contribution in [2.45, 2.75) is 52.5 Å². The maximum absolute atomic E-state index is 13.4. The minimum absolute atomic E-state index is 0.0358. The molecule has 166 valence electrons. The van der Waals surface area contributed by atoms with Crippen molar-refractivity contribution in [3.8, 4) is 11.1 Å². The molecule has 2 N–H and O–H groups in total. The van der Waals surface area contributed by atoms with Gasteiger partial charge >= 0.3 is 5.97 Å². The smallest absolute Gasteiger partial charge is 0.340 e. The van der Waals surface area contributed by atoms with Gasteiger partial charge in [0.1, 0.15) is 5.69 Å². The highest BCUT2D eigenvalue weighted by molar-refractivity contribution is 6.43. The van der Waals surface area contributed by atoms with Crippen LogP contribution in [0.5, 0.6) is 0 Å². The number of H-pyrrole nitrogens is 1. The van der Waals surface area contributed by atoms with Gasteiger partial charge in [0.25, 0.3) is 11.7 Å². The minimum Gasteiger partial charge on any atom is -0.462 e. The number of amides is 1. The second-order valence-electron chi connectivity index (χ2n) is 7.95. The molecular weight excluding hydrogens is 396 g/mol. The van der Waals surface area contributed by atoms with Crippen molar-refractivity contribution >= 4 is 17.7 Å². The Morgan fingerprint density at radius 3 is 2.52 bits per heavy atom. The van der Waals surface area contributed by atoms with E-state index in [1.54, 1.807) is 18.7 Å². The second-order valence-corrected chi connectivity index (χ2v) is 7.95. The molecule has 2 heterocycles. The molecule has 0 radical (unpaired) electrons. The lowest BCUT2D eigenvalue weighted by Gasteiger charge is -2.35. The molecule has 1 aliphatic heterocycles. The topological polar surface area (TPSA) is 99.7 Å². The number of Topliss-reactive ketones (excluding diaryl/α,β-unsaturated/α-hetero) is 1. The van der Waals surface area contributed by atoms with Crippen LogP contribution in [0, 0.1) is 13.8 Å². The molecule has 0 bridgehead atoms. The van der Waals surface area contributed by atoms with Crippen molar-refractivity contribution in [3.05, 3.63) is 46.8 Å². The summed E-state index contributed by atoms with van der Waals surface area (Å²) in [4.78, 5) is 43.8. The number of hydrogen-bond donors (Lipinski definition) is 2. The Labute approximate surface area is 182 Å². The van der Waals surface area contributed by atoms with Crippen LogP contribution in [0.3, 0.4) is 0 Å². The predicted molar refractivity (Wildman–Crippen MR) is 117 cm³/mol. The number of esters is 1. The van der Waals surface area contributed by atoms with Gasteiger partial charge < -0.3 is 19.7 Å². The number of carbonyl (C=O) groups excluding carboxylic acids is 3. The molecule has 3 rings (SSSR count). The van der Waals surface area contributed by atoms with E-state index in [0.29, 0.717) is 29.8 Å². The number of piperidine rings is 1. The third-order valence-electron chi connectivity index (χ3n) is 5.78. The van der Waals surface area contributed by atoms with E-state index < -0.39 is 17.7 Å². The fourth-order valence-electron chi connectivity index (χ4n) is 4.22. The van der Waals surface area contributed by atoms with Gasteiger partial charge in [0, 0.05) is 30.5 Å². The van der Waals surface area contributed by atoms with Gasteiger partial charge in [0.2, 0.25) is 0 Å². The van der Waals surface area contributed by atoms with E-state index in [0.717, 1.165) is 24.8 Å². The molecule has 0 unspecified atom stereocenters. The average molecular weight is 427 g/mol. The van der Waals surface area contributed by atoms with E-state index in [1.807, 2.05) is 31.2 Å². The highest BCUT2D eigenvalue weighted by Crippen LogP contribution is 2.32. The summed E-state index contributed by atoms with van der Waals surface area (Å²) < 4.78 is 5.22. The normalized spacial score (nSPS) is 16.3. The van der Waals surface area contributed by atoms with Crippen LogP contribution in [0.2, 0.25) is 0 Å². The number of benzene rings is 1. The number of aliphatic hydroxyl groups excluding tert-OH is 1. The third kappa shape index (κ3) is 4.71. The van der Waals surface area contributed by atoms with Gasteiger partial charge in [-0.05, 0) is 52.0 Å². The molecule has 1 aromatic carbocycles. The zero-order chi connectivity index (χ0) is 22.5. The van der Waals surface area contributed by atoms with Crippen molar-refractivity contribution in [3.63, 3.8) is 0 Å². The van der Waals surface area contributed by atoms with E-state index in [1.165, 1.54) is 0 Å². The molecule has 31 heavy (non-hydrogen) atoms. The zero-order valence-electron chi connectivity index (χ0n) is 18.4. The lowest BCUT2D eigenvalue weighted by atomic mass is 9.95. The van der Waals surface area contributed by atoms with Gasteiger partial charge in [0.05, 0.1) is 12.2 Å². The molecular formula is C24H30N2O5. The average Bonchev–Trinajstić information content (AvgIpc) is 3.11. The van der Waals surface area contributed by atoms with Gasteiger partial charge in [-0.2, -0.15) is 0 Å². The van der Waals surface area contributed by atoms with Gasteiger partial charge in [-0.25, -0.2) is 4.79 Å². The first-order chi connectivity index (χ1) is 14.9. The number of nitrogens with one attached hydrogen (secondary N) is 1. The molecule has 1 aliphatic rings. The Morgan fingerprint density at radius 1 is 1.16 bits per heavy atom. The largest absolute Gasteiger partial charge is 0.462 e. The summed E-state index contributed by atoms with van der Waals surface area (Å²) in [6.07, 6.45) is 3.00. The van der Waals surface area contributed by atoms with Crippen LogP contribution in [0.15, 0.2) is 24.3 Å². The summed E-state index contributed by atoms with van der Waals surface area (Å²) >= 11 is 0. The fourth-order valence-corrected chi connectivity index (χ4v) is 4.22. The number of aliphatic hydroxyl groups is 1. The Kier molecular flexibility index (Phi) is 7.28. The number of ether oxygens (including phenoxy) is 1. The summed E-state index contributed by atoms with van der Waals surface area (Å²) in [7, 11) is 0. The van der Waals surface area contributed by atoms with Crippen LogP contribution >= 0.6 is 0 Å². The Bertz CT molecular complexity index is 959. The van der Waals surface area contributed by atoms with Crippen molar-refractivity contribution in [1.29, 1.82) is 0 Å². The highest BCUT2D eigenvalue weighted by Gasteiger charge is 2.35. The molecule has 7 heteroatoms. The van der Waals surface area contributed by atoms with Crippen LogP contribution in [-0.4, -0.2) is 58.5 Å². The van der Waals surface area contributed by atoms with E-state index in [4.69, 9.17) is 4.74 Å². The number of carbonyl (C=O) groups is 3. The van der Waals surface area contributed by atoms with Crippen LogP contribution in [0.25, 0.3) is 11.1 Å². The summed E-state index contributed by atoms with van der Waals surface area (Å²) in [6.45, 7) is 6.02. The maximum Gasteiger partial charge on any atom is 0.340 e. The molecule has 0 spiro atoms. The molecule has 7 nitrogen and oxygen atoms in total. The van der Waals surface area contributed by atoms with Gasteiger partial charge in [-0.15, -0.1) is 0 Å². The molecule has 2 aromatic rings. The summed E-state index contributed by atoms with van der Waals surface area (Å²) in [6, 6.07) is 7.29. The first-order valence-electron chi connectivity index (χ1n) is 10.8. The standard InChI is InChI=1S/C24H30N2O5/c1-4-31-24(30)19-16(3)25-21(20(19)17-10-8-15(2)9-11-17)22(28)23(29)26-13-6-5-7-18(26)12-14-27/h8-11,18,25,27H,4-7,12-14H2,1-3H3/t18-/m1/s1. The van der Waals surface area contributed by atoms with Crippen molar-refractivity contribution in [2.75, 3.05) is 19.8 Å². The van der Waals surface area contributed by atoms with Crippen molar-refractivity contribution in [2.24, 2.45) is 0 Å². The minimum atomic E-state index is -0.681. The second kappa shape index (κ2) is 9.92. The first kappa shape index (κ1) is 22.7. The van der Waals surface area contributed by atoms with E-state index in [2.05, 4.69) is 4.98 Å². The molecule has 1 fully saturated rings. The van der Waals surface area contributed by atoms with E-state index >= 15 is 0 Å². The van der Waals surface area contributed by atoms with Gasteiger partial charge in [-0.1, -0.05) is 29.8 Å². The van der Waals surface area contributed by atoms with Gasteiger partial charge in [-0.3, -0.25) is 9.59 Å². The SMILES string of the molecule is CCOC(=O)c1c(C)[nH]c(C(=O)C(=O)N2CCCC[C@@H]2CCO)c1-c1ccc(C)cc1. The predicted octanol–water partition coefficient (Wildman–Crippen LogP) is 3.42. The number of nitrogens with zero attached hydrogens (tertiary/aromatic N) is 1. The zero-order valence-corrected chi connectivity index (χ0v) is 18.4.